The highest BCUT2D eigenvalue weighted by Crippen LogP contribution is 2.44. The van der Waals surface area contributed by atoms with E-state index in [0.717, 1.165) is 29.7 Å². The second-order valence-corrected chi connectivity index (χ2v) is 10.1. The van der Waals surface area contributed by atoms with Gasteiger partial charge < -0.3 is 14.6 Å². The van der Waals surface area contributed by atoms with E-state index in [2.05, 4.69) is 18.5 Å². The topological polar surface area (TPSA) is 106 Å². The van der Waals surface area contributed by atoms with Crippen molar-refractivity contribution in [3.8, 4) is 5.75 Å². The lowest BCUT2D eigenvalue weighted by molar-refractivity contribution is -0.132. The number of unbranched alkanes of at least 4 members (excludes halogenated alkanes) is 1. The fraction of sp³-hybridized carbons (Fsp3) is 0.267. The molecule has 2 aromatic carbocycles. The smallest absolute Gasteiger partial charge is 0.350 e. The van der Waals surface area contributed by atoms with Crippen molar-refractivity contribution in [3.63, 3.8) is 0 Å². The zero-order chi connectivity index (χ0) is 28.1. The van der Waals surface area contributed by atoms with E-state index in [1.807, 2.05) is 19.1 Å². The van der Waals surface area contributed by atoms with Gasteiger partial charge in [-0.2, -0.15) is 0 Å². The largest absolute Gasteiger partial charge is 0.507 e. The van der Waals surface area contributed by atoms with Gasteiger partial charge in [-0.3, -0.25) is 14.5 Å². The van der Waals surface area contributed by atoms with Gasteiger partial charge in [0.15, 0.2) is 5.13 Å². The second-order valence-electron chi connectivity index (χ2n) is 9.10. The van der Waals surface area contributed by atoms with Gasteiger partial charge in [0.05, 0.1) is 23.9 Å². The lowest BCUT2D eigenvalue weighted by Gasteiger charge is -2.23. The van der Waals surface area contributed by atoms with Crippen molar-refractivity contribution in [2.24, 2.45) is 0 Å². The van der Waals surface area contributed by atoms with E-state index >= 15 is 0 Å². The Morgan fingerprint density at radius 3 is 2.46 bits per heavy atom. The van der Waals surface area contributed by atoms with Crippen LogP contribution in [0.4, 0.5) is 5.13 Å². The number of ketones is 1. The molecule has 39 heavy (non-hydrogen) atoms. The van der Waals surface area contributed by atoms with Crippen molar-refractivity contribution in [2.45, 2.75) is 39.7 Å². The lowest BCUT2D eigenvalue weighted by atomic mass is 9.95. The van der Waals surface area contributed by atoms with Gasteiger partial charge in [-0.25, -0.2) is 9.78 Å². The lowest BCUT2D eigenvalue weighted by Crippen LogP contribution is -2.29. The maximum Gasteiger partial charge on any atom is 0.350 e. The fourth-order valence-electron chi connectivity index (χ4n) is 4.17. The van der Waals surface area contributed by atoms with Crippen molar-refractivity contribution in [3.05, 3.63) is 94.0 Å². The number of aryl methyl sites for hydroxylation is 2. The summed E-state index contributed by atoms with van der Waals surface area (Å²) in [5, 5.41) is 11.5. The van der Waals surface area contributed by atoms with Crippen LogP contribution in [0, 0.1) is 13.8 Å². The molecule has 1 amide bonds. The van der Waals surface area contributed by atoms with Crippen molar-refractivity contribution in [2.75, 3.05) is 18.1 Å². The molecule has 0 radical (unpaired) electrons. The van der Waals surface area contributed by atoms with E-state index in [1.165, 1.54) is 11.0 Å². The highest BCUT2D eigenvalue weighted by molar-refractivity contribution is 7.17. The van der Waals surface area contributed by atoms with E-state index in [0.29, 0.717) is 29.2 Å². The Balaban J connectivity index is 1.79. The first-order valence-electron chi connectivity index (χ1n) is 12.6. The van der Waals surface area contributed by atoms with Gasteiger partial charge in [-0.15, -0.1) is 0 Å². The first-order chi connectivity index (χ1) is 18.8. The van der Waals surface area contributed by atoms with Gasteiger partial charge >= 0.3 is 11.9 Å². The number of carbonyl (C=O) groups excluding carboxylic acids is 3. The summed E-state index contributed by atoms with van der Waals surface area (Å²) < 4.78 is 10.8. The number of ether oxygens (including phenoxy) is 2. The summed E-state index contributed by atoms with van der Waals surface area (Å²) in [5.74, 6) is -1.95. The Labute approximate surface area is 231 Å². The van der Waals surface area contributed by atoms with E-state index in [-0.39, 0.29) is 27.9 Å². The van der Waals surface area contributed by atoms with E-state index in [1.54, 1.807) is 43.3 Å². The minimum Gasteiger partial charge on any atom is -0.507 e. The van der Waals surface area contributed by atoms with Gasteiger partial charge in [-0.05, 0) is 50.1 Å². The standard InChI is InChI=1S/C30H30N2O6S/c1-5-7-17-37-22-14-12-21(13-15-22)25(33)23-24(20-10-8-18(3)9-11-20)32(28(35)26(23)34)30-31-19(4)27(39-30)29(36)38-16-6-2/h6,8-15,24,33H,2,5,7,16-17H2,1,3-4H3/t24-/m0/s1. The summed E-state index contributed by atoms with van der Waals surface area (Å²) in [6, 6.07) is 13.1. The van der Waals surface area contributed by atoms with Gasteiger partial charge in [-0.1, -0.05) is 67.2 Å². The minimum absolute atomic E-state index is 0.0296. The predicted octanol–water partition coefficient (Wildman–Crippen LogP) is 5.91. The number of esters is 1. The molecule has 9 heteroatoms. The Bertz CT molecular complexity index is 1420. The molecule has 1 atom stereocenters. The molecule has 4 rings (SSSR count). The van der Waals surface area contributed by atoms with Crippen molar-refractivity contribution < 1.29 is 29.0 Å². The number of carbonyl (C=O) groups is 3. The highest BCUT2D eigenvalue weighted by Gasteiger charge is 2.48. The third-order valence-electron chi connectivity index (χ3n) is 6.24. The molecule has 0 saturated carbocycles. The average molecular weight is 547 g/mol. The van der Waals surface area contributed by atoms with Gasteiger partial charge in [0, 0.05) is 5.56 Å². The molecule has 3 aromatic rings. The normalized spacial score (nSPS) is 16.4. The Morgan fingerprint density at radius 1 is 1.13 bits per heavy atom. The second kappa shape index (κ2) is 12.1. The van der Waals surface area contributed by atoms with Gasteiger partial charge in [0.1, 0.15) is 23.0 Å². The number of nitrogens with zero attached hydrogens (tertiary/aromatic N) is 2. The number of amides is 1. The van der Waals surface area contributed by atoms with Crippen LogP contribution in [-0.4, -0.2) is 41.0 Å². The zero-order valence-corrected chi connectivity index (χ0v) is 22.9. The van der Waals surface area contributed by atoms with E-state index in [4.69, 9.17) is 9.47 Å². The van der Waals surface area contributed by atoms with Crippen LogP contribution < -0.4 is 9.64 Å². The molecule has 1 fully saturated rings. The molecule has 1 aliphatic rings. The number of rotatable bonds is 10. The minimum atomic E-state index is -0.950. The van der Waals surface area contributed by atoms with Crippen molar-refractivity contribution >= 4 is 39.9 Å². The van der Waals surface area contributed by atoms with Crippen molar-refractivity contribution in [1.29, 1.82) is 0 Å². The summed E-state index contributed by atoms with van der Waals surface area (Å²) >= 11 is 0.956. The first-order valence-corrected chi connectivity index (χ1v) is 13.4. The molecule has 0 spiro atoms. The molecular formula is C30H30N2O6S. The Kier molecular flexibility index (Phi) is 8.61. The summed E-state index contributed by atoms with van der Waals surface area (Å²) in [7, 11) is 0. The van der Waals surface area contributed by atoms with Crippen molar-refractivity contribution in [1.82, 2.24) is 4.98 Å². The summed E-state index contributed by atoms with van der Waals surface area (Å²) in [6.07, 6.45) is 3.38. The predicted molar refractivity (Wildman–Crippen MR) is 150 cm³/mol. The summed E-state index contributed by atoms with van der Waals surface area (Å²) in [4.78, 5) is 45.2. The number of anilines is 1. The van der Waals surface area contributed by atoms with Crippen LogP contribution in [0.15, 0.2) is 66.8 Å². The quantitative estimate of drug-likeness (QED) is 0.0842. The number of aliphatic hydroxyl groups excluding tert-OH is 1. The van der Waals surface area contributed by atoms with Crippen LogP contribution in [0.2, 0.25) is 0 Å². The van der Waals surface area contributed by atoms with Crippen LogP contribution >= 0.6 is 11.3 Å². The monoisotopic (exact) mass is 546 g/mol. The highest BCUT2D eigenvalue weighted by atomic mass is 32.1. The fourth-order valence-corrected chi connectivity index (χ4v) is 5.16. The molecule has 1 saturated heterocycles. The average Bonchev–Trinajstić information content (AvgIpc) is 3.44. The number of hydrogen-bond donors (Lipinski definition) is 1. The molecule has 0 unspecified atom stereocenters. The number of aromatic nitrogens is 1. The summed E-state index contributed by atoms with van der Waals surface area (Å²) in [5.41, 5.74) is 2.28. The molecule has 1 aromatic heterocycles. The molecule has 0 aliphatic carbocycles. The van der Waals surface area contributed by atoms with Crippen LogP contribution in [0.3, 0.4) is 0 Å². The molecule has 1 aliphatic heterocycles. The van der Waals surface area contributed by atoms with Gasteiger partial charge in [0.25, 0.3) is 5.78 Å². The van der Waals surface area contributed by atoms with Gasteiger partial charge in [0.2, 0.25) is 0 Å². The molecular weight excluding hydrogens is 516 g/mol. The van der Waals surface area contributed by atoms with Crippen LogP contribution in [0.1, 0.15) is 57.9 Å². The van der Waals surface area contributed by atoms with Crippen LogP contribution in [0.5, 0.6) is 5.75 Å². The molecule has 0 bridgehead atoms. The zero-order valence-electron chi connectivity index (χ0n) is 22.1. The first kappa shape index (κ1) is 27.8. The van der Waals surface area contributed by atoms with Crippen LogP contribution in [0.25, 0.3) is 5.76 Å². The third kappa shape index (κ3) is 5.78. The third-order valence-corrected chi connectivity index (χ3v) is 7.38. The SMILES string of the molecule is C=CCOC(=O)c1sc(N2C(=O)C(=O)C(=C(O)c3ccc(OCCCC)cc3)[C@@H]2c2ccc(C)cc2)nc1C. The van der Waals surface area contributed by atoms with Crippen LogP contribution in [-0.2, 0) is 14.3 Å². The number of benzene rings is 2. The number of Topliss-reactive ketones (excluding diaryl/α,β-unsaturated/α-hetero) is 1. The molecule has 2 heterocycles. The number of thiazole rings is 1. The Morgan fingerprint density at radius 2 is 1.82 bits per heavy atom. The van der Waals surface area contributed by atoms with E-state index in [9.17, 15) is 19.5 Å². The number of aliphatic hydroxyl groups is 1. The number of hydrogen-bond acceptors (Lipinski definition) is 8. The maximum atomic E-state index is 13.4. The summed E-state index contributed by atoms with van der Waals surface area (Å²) in [6.45, 7) is 9.78. The maximum absolute atomic E-state index is 13.4. The Hall–Kier alpha value is -4.24. The molecule has 8 nitrogen and oxygen atoms in total. The van der Waals surface area contributed by atoms with E-state index < -0.39 is 23.7 Å². The molecule has 202 valence electrons. The molecule has 1 N–H and O–H groups in total.